The Labute approximate surface area is 90.6 Å². The summed E-state index contributed by atoms with van der Waals surface area (Å²) < 4.78 is 4.80. The minimum Gasteiger partial charge on any atom is -0.466 e. The van der Waals surface area contributed by atoms with Crippen LogP contribution in [0.1, 0.15) is 20.3 Å². The van der Waals surface area contributed by atoms with Gasteiger partial charge in [-0.1, -0.05) is 6.92 Å². The number of carbonyl (C=O) groups is 2. The molecule has 0 aliphatic carbocycles. The van der Waals surface area contributed by atoms with Crippen molar-refractivity contribution >= 4 is 11.9 Å². The van der Waals surface area contributed by atoms with Gasteiger partial charge in [0.1, 0.15) is 0 Å². The fourth-order valence-corrected chi connectivity index (χ4v) is 1.09. The van der Waals surface area contributed by atoms with Gasteiger partial charge in [-0.3, -0.25) is 9.59 Å². The van der Waals surface area contributed by atoms with Crippen LogP contribution in [0, 0.1) is 5.92 Å². The van der Waals surface area contributed by atoms with E-state index in [1.165, 1.54) is 0 Å². The van der Waals surface area contributed by atoms with Crippen LogP contribution in [0.3, 0.4) is 0 Å². The van der Waals surface area contributed by atoms with E-state index in [-0.39, 0.29) is 17.8 Å². The molecule has 1 amide bonds. The highest BCUT2D eigenvalue weighted by molar-refractivity contribution is 5.78. The summed E-state index contributed by atoms with van der Waals surface area (Å²) in [6.45, 7) is 4.87. The standard InChI is InChI=1S/C10H20N2O3/c1-4-15-10(14)5-8(2)6-12-9(13)7-11-3/h8,11H,4-7H2,1-3H3,(H,12,13). The fourth-order valence-electron chi connectivity index (χ4n) is 1.09. The molecular formula is C10H20N2O3. The molecule has 0 aliphatic heterocycles. The van der Waals surface area contributed by atoms with Gasteiger partial charge >= 0.3 is 5.97 Å². The maximum atomic E-state index is 11.1. The first kappa shape index (κ1) is 13.9. The Morgan fingerprint density at radius 3 is 2.60 bits per heavy atom. The lowest BCUT2D eigenvalue weighted by molar-refractivity contribution is -0.144. The second kappa shape index (κ2) is 8.23. The van der Waals surface area contributed by atoms with E-state index in [0.717, 1.165) is 0 Å². The number of hydrogen-bond acceptors (Lipinski definition) is 4. The number of esters is 1. The van der Waals surface area contributed by atoms with Crippen LogP contribution >= 0.6 is 0 Å². The Morgan fingerprint density at radius 2 is 2.07 bits per heavy atom. The van der Waals surface area contributed by atoms with Gasteiger partial charge in [-0.05, 0) is 19.9 Å². The highest BCUT2D eigenvalue weighted by atomic mass is 16.5. The summed E-state index contributed by atoms with van der Waals surface area (Å²) in [5.74, 6) is -0.175. The van der Waals surface area contributed by atoms with Crippen molar-refractivity contribution in [2.45, 2.75) is 20.3 Å². The molecule has 5 nitrogen and oxygen atoms in total. The van der Waals surface area contributed by atoms with Crippen molar-refractivity contribution in [3.63, 3.8) is 0 Å². The number of likely N-dealkylation sites (N-methyl/N-ethyl adjacent to an activating group) is 1. The van der Waals surface area contributed by atoms with E-state index in [0.29, 0.717) is 26.1 Å². The molecule has 0 aromatic rings. The fraction of sp³-hybridized carbons (Fsp3) is 0.800. The van der Waals surface area contributed by atoms with Crippen molar-refractivity contribution in [3.05, 3.63) is 0 Å². The summed E-state index contributed by atoms with van der Waals surface area (Å²) in [6, 6.07) is 0. The predicted octanol–water partition coefficient (Wildman–Crippen LogP) is -0.0887. The van der Waals surface area contributed by atoms with Gasteiger partial charge < -0.3 is 15.4 Å². The van der Waals surface area contributed by atoms with Gasteiger partial charge in [0.25, 0.3) is 0 Å². The summed E-state index contributed by atoms with van der Waals surface area (Å²) >= 11 is 0. The molecule has 0 saturated heterocycles. The van der Waals surface area contributed by atoms with E-state index in [2.05, 4.69) is 10.6 Å². The van der Waals surface area contributed by atoms with Crippen LogP contribution in [0.5, 0.6) is 0 Å². The summed E-state index contributed by atoms with van der Waals surface area (Å²) in [4.78, 5) is 22.1. The normalized spacial score (nSPS) is 11.9. The van der Waals surface area contributed by atoms with Crippen molar-refractivity contribution in [2.24, 2.45) is 5.92 Å². The number of amides is 1. The number of rotatable bonds is 7. The second-order valence-electron chi connectivity index (χ2n) is 3.45. The summed E-state index contributed by atoms with van der Waals surface area (Å²) in [7, 11) is 1.71. The molecular weight excluding hydrogens is 196 g/mol. The molecule has 0 rings (SSSR count). The quantitative estimate of drug-likeness (QED) is 0.584. The van der Waals surface area contributed by atoms with Crippen LogP contribution in [0.15, 0.2) is 0 Å². The summed E-state index contributed by atoms with van der Waals surface area (Å²) in [5.41, 5.74) is 0. The van der Waals surface area contributed by atoms with Crippen molar-refractivity contribution < 1.29 is 14.3 Å². The van der Waals surface area contributed by atoms with Gasteiger partial charge in [0.05, 0.1) is 13.2 Å². The maximum absolute atomic E-state index is 11.1. The molecule has 1 unspecified atom stereocenters. The molecule has 0 saturated carbocycles. The van der Waals surface area contributed by atoms with Crippen LogP contribution in [0.25, 0.3) is 0 Å². The largest absolute Gasteiger partial charge is 0.466 e. The highest BCUT2D eigenvalue weighted by Crippen LogP contribution is 2.01. The molecule has 2 N–H and O–H groups in total. The summed E-state index contributed by atoms with van der Waals surface area (Å²) in [6.07, 6.45) is 0.341. The van der Waals surface area contributed by atoms with Crippen LogP contribution in [0.2, 0.25) is 0 Å². The Kier molecular flexibility index (Phi) is 7.62. The van der Waals surface area contributed by atoms with Gasteiger partial charge in [0.15, 0.2) is 0 Å². The first-order valence-corrected chi connectivity index (χ1v) is 5.17. The topological polar surface area (TPSA) is 67.4 Å². The molecule has 0 heterocycles. The lowest BCUT2D eigenvalue weighted by Gasteiger charge is -2.11. The van der Waals surface area contributed by atoms with E-state index in [9.17, 15) is 9.59 Å². The number of ether oxygens (including phenoxy) is 1. The van der Waals surface area contributed by atoms with E-state index in [1.54, 1.807) is 14.0 Å². The molecule has 0 bridgehead atoms. The van der Waals surface area contributed by atoms with Gasteiger partial charge in [0, 0.05) is 13.0 Å². The lowest BCUT2D eigenvalue weighted by Crippen LogP contribution is -2.35. The van der Waals surface area contributed by atoms with Gasteiger partial charge in [-0.2, -0.15) is 0 Å². The summed E-state index contributed by atoms with van der Waals surface area (Å²) in [5, 5.41) is 5.47. The van der Waals surface area contributed by atoms with Crippen LogP contribution in [-0.4, -0.2) is 38.6 Å². The maximum Gasteiger partial charge on any atom is 0.306 e. The second-order valence-corrected chi connectivity index (χ2v) is 3.45. The third-order valence-electron chi connectivity index (χ3n) is 1.81. The highest BCUT2D eigenvalue weighted by Gasteiger charge is 2.10. The third-order valence-corrected chi connectivity index (χ3v) is 1.81. The van der Waals surface area contributed by atoms with Gasteiger partial charge in [0.2, 0.25) is 5.91 Å². The van der Waals surface area contributed by atoms with E-state index < -0.39 is 0 Å². The molecule has 0 fully saturated rings. The van der Waals surface area contributed by atoms with Crippen LogP contribution < -0.4 is 10.6 Å². The molecule has 5 heteroatoms. The zero-order valence-corrected chi connectivity index (χ0v) is 9.63. The molecule has 0 aromatic heterocycles. The SMILES string of the molecule is CCOC(=O)CC(C)CNC(=O)CNC. The minimum absolute atomic E-state index is 0.0618. The molecule has 1 atom stereocenters. The smallest absolute Gasteiger partial charge is 0.306 e. The van der Waals surface area contributed by atoms with E-state index in [1.807, 2.05) is 6.92 Å². The van der Waals surface area contributed by atoms with Crippen molar-refractivity contribution in [1.82, 2.24) is 10.6 Å². The van der Waals surface area contributed by atoms with Crippen LogP contribution in [0.4, 0.5) is 0 Å². The van der Waals surface area contributed by atoms with Gasteiger partial charge in [-0.25, -0.2) is 0 Å². The molecule has 88 valence electrons. The monoisotopic (exact) mass is 216 g/mol. The molecule has 0 aromatic carbocycles. The van der Waals surface area contributed by atoms with E-state index >= 15 is 0 Å². The molecule has 0 spiro atoms. The predicted molar refractivity (Wildman–Crippen MR) is 57.4 cm³/mol. The number of carbonyl (C=O) groups excluding carboxylic acids is 2. The first-order valence-electron chi connectivity index (χ1n) is 5.17. The Balaban J connectivity index is 3.60. The Morgan fingerprint density at radius 1 is 1.40 bits per heavy atom. The third kappa shape index (κ3) is 7.93. The Hall–Kier alpha value is -1.10. The molecule has 0 radical (unpaired) electrons. The Bertz CT molecular complexity index is 207. The lowest BCUT2D eigenvalue weighted by atomic mass is 10.1. The van der Waals surface area contributed by atoms with Crippen LogP contribution in [-0.2, 0) is 14.3 Å². The average molecular weight is 216 g/mol. The zero-order valence-electron chi connectivity index (χ0n) is 9.63. The number of nitrogens with one attached hydrogen (secondary N) is 2. The number of hydrogen-bond donors (Lipinski definition) is 2. The first-order chi connectivity index (χ1) is 7.10. The molecule has 0 aliphatic rings. The minimum atomic E-state index is -0.215. The average Bonchev–Trinajstić information content (AvgIpc) is 2.15. The van der Waals surface area contributed by atoms with Crippen molar-refractivity contribution in [3.8, 4) is 0 Å². The molecule has 15 heavy (non-hydrogen) atoms. The van der Waals surface area contributed by atoms with Gasteiger partial charge in [-0.15, -0.1) is 0 Å². The van der Waals surface area contributed by atoms with Crippen molar-refractivity contribution in [1.29, 1.82) is 0 Å². The van der Waals surface area contributed by atoms with Crippen molar-refractivity contribution in [2.75, 3.05) is 26.7 Å². The zero-order chi connectivity index (χ0) is 11.7. The van der Waals surface area contributed by atoms with E-state index in [4.69, 9.17) is 4.74 Å².